The Hall–Kier alpha value is -2.21. The van der Waals surface area contributed by atoms with Gasteiger partial charge < -0.3 is 41.2 Å². The van der Waals surface area contributed by atoms with Crippen LogP contribution >= 0.6 is 0 Å². The lowest BCUT2D eigenvalue weighted by Crippen LogP contribution is -2.41. The minimum Gasteiger partial charge on any atom is -0.464 e. The van der Waals surface area contributed by atoms with Crippen LogP contribution in [-0.2, 0) is 27.9 Å². The molecule has 4 aromatic rings. The summed E-state index contributed by atoms with van der Waals surface area (Å²) in [6.45, 7) is 24.2. The predicted molar refractivity (Wildman–Crippen MR) is 163 cm³/mol. The molecule has 42 heavy (non-hydrogen) atoms. The van der Waals surface area contributed by atoms with Crippen molar-refractivity contribution in [2.45, 2.75) is 117 Å². The Morgan fingerprint density at radius 2 is 0.548 bits per heavy atom. The quantitative estimate of drug-likeness (QED) is 0.319. The van der Waals surface area contributed by atoms with Crippen LogP contribution in [0, 0.1) is 0 Å². The molecule has 0 spiro atoms. The van der Waals surface area contributed by atoms with Crippen LogP contribution in [-0.4, -0.2) is 55.0 Å². The van der Waals surface area contributed by atoms with Crippen molar-refractivity contribution in [3.05, 3.63) is 18.2 Å². The Bertz CT molecular complexity index is 1390. The van der Waals surface area contributed by atoms with Crippen molar-refractivity contribution in [3.63, 3.8) is 0 Å². The summed E-state index contributed by atoms with van der Waals surface area (Å²) >= 11 is 0. The zero-order chi connectivity index (χ0) is 30.4. The third-order valence-electron chi connectivity index (χ3n) is 10.4. The molecule has 9 nitrogen and oxygen atoms in total. The van der Waals surface area contributed by atoms with Gasteiger partial charge in [0.25, 0.3) is 0 Å². The first kappa shape index (κ1) is 28.6. The summed E-state index contributed by atoms with van der Waals surface area (Å²) < 4.78 is 57.4. The molecule has 6 heterocycles. The second kappa shape index (κ2) is 8.28. The fraction of sp³-hybridized carbons (Fsp3) is 0.600. The van der Waals surface area contributed by atoms with Gasteiger partial charge in [-0.1, -0.05) is 0 Å². The Morgan fingerprint density at radius 1 is 0.357 bits per heavy atom. The second-order valence-corrected chi connectivity index (χ2v) is 14.9. The van der Waals surface area contributed by atoms with Crippen LogP contribution in [0.5, 0.6) is 0 Å². The van der Waals surface area contributed by atoms with Crippen molar-refractivity contribution < 1.29 is 41.2 Å². The maximum atomic E-state index is 6.50. The number of hydrogen-bond acceptors (Lipinski definition) is 9. The minimum absolute atomic E-state index is 0.518. The van der Waals surface area contributed by atoms with E-state index in [1.54, 1.807) is 0 Å². The number of hydrogen-bond donors (Lipinski definition) is 0. The Morgan fingerprint density at radius 3 is 0.738 bits per heavy atom. The molecule has 3 saturated heterocycles. The summed E-state index contributed by atoms with van der Waals surface area (Å²) in [5.41, 5.74) is 0.328. The van der Waals surface area contributed by atoms with Gasteiger partial charge in [-0.05, 0) is 101 Å². The van der Waals surface area contributed by atoms with E-state index in [-0.39, 0.29) is 0 Å². The van der Waals surface area contributed by atoms with Crippen LogP contribution in [0.15, 0.2) is 31.5 Å². The molecule has 0 saturated carbocycles. The molecule has 0 atom stereocenters. The standard InChI is InChI=1S/C30H39B3O9/c1-25(2)26(3,4)38-31(37-25)19-13-16-22(34-19)17-14-20(32-39-27(5,6)28(7,8)40-32)36-24(17)18-15-21(35-23(16)18)33-41-29(9,10)30(11,12)42-33/h13-15H,1-12H3. The van der Waals surface area contributed by atoms with Gasteiger partial charge in [-0.2, -0.15) is 0 Å². The summed E-state index contributed by atoms with van der Waals surface area (Å²) in [6.07, 6.45) is 0. The average molecular weight is 576 g/mol. The van der Waals surface area contributed by atoms with Gasteiger partial charge in [-0.3, -0.25) is 0 Å². The first-order valence-corrected chi connectivity index (χ1v) is 14.7. The van der Waals surface area contributed by atoms with E-state index in [2.05, 4.69) is 0 Å². The predicted octanol–water partition coefficient (Wildman–Crippen LogP) is 4.82. The maximum absolute atomic E-state index is 6.50. The number of fused-ring (bicyclic) bond motifs is 6. The fourth-order valence-electron chi connectivity index (χ4n) is 5.56. The lowest BCUT2D eigenvalue weighted by molar-refractivity contribution is 0.00578. The van der Waals surface area contributed by atoms with Crippen molar-refractivity contribution in [2.24, 2.45) is 0 Å². The van der Waals surface area contributed by atoms with Crippen molar-refractivity contribution in [1.29, 1.82) is 0 Å². The zero-order valence-corrected chi connectivity index (χ0v) is 26.6. The topological polar surface area (TPSA) is 94.8 Å². The summed E-state index contributed by atoms with van der Waals surface area (Å²) in [7, 11) is -2.04. The van der Waals surface area contributed by atoms with E-state index in [0.717, 1.165) is 16.2 Å². The molecule has 1 aromatic carbocycles. The molecule has 3 aliphatic heterocycles. The molecule has 0 aliphatic carbocycles. The monoisotopic (exact) mass is 576 g/mol. The van der Waals surface area contributed by atoms with E-state index in [1.165, 1.54) is 0 Å². The number of benzene rings is 1. The first-order chi connectivity index (χ1) is 19.2. The van der Waals surface area contributed by atoms with E-state index in [0.29, 0.717) is 33.7 Å². The molecule has 0 radical (unpaired) electrons. The molecule has 3 fully saturated rings. The largest absolute Gasteiger partial charge is 0.532 e. The van der Waals surface area contributed by atoms with Gasteiger partial charge in [0.05, 0.1) is 49.8 Å². The molecule has 0 bridgehead atoms. The highest BCUT2D eigenvalue weighted by atomic mass is 16.7. The van der Waals surface area contributed by atoms with Gasteiger partial charge >= 0.3 is 21.4 Å². The highest BCUT2D eigenvalue weighted by Gasteiger charge is 2.56. The second-order valence-electron chi connectivity index (χ2n) is 14.9. The first-order valence-electron chi connectivity index (χ1n) is 14.7. The minimum atomic E-state index is -0.681. The molecule has 3 aliphatic rings. The van der Waals surface area contributed by atoms with Gasteiger partial charge in [-0.15, -0.1) is 0 Å². The van der Waals surface area contributed by atoms with Crippen molar-refractivity contribution in [1.82, 2.24) is 0 Å². The van der Waals surface area contributed by atoms with E-state index in [1.807, 2.05) is 101 Å². The number of furan rings is 3. The SMILES string of the molecule is CC1(C)OB(c2cc3c(o2)c2cc(B4OC(C)(C)C(C)(C)O4)oc2c2cc(B4OC(C)(C)C(C)(C)O4)oc32)OC1(C)C. The number of rotatable bonds is 3. The molecule has 7 rings (SSSR count). The van der Waals surface area contributed by atoms with Crippen LogP contribution in [0.3, 0.4) is 0 Å². The van der Waals surface area contributed by atoms with E-state index in [9.17, 15) is 0 Å². The van der Waals surface area contributed by atoms with Crippen LogP contribution in [0.4, 0.5) is 0 Å². The third-order valence-corrected chi connectivity index (χ3v) is 10.4. The molecule has 3 aromatic heterocycles. The van der Waals surface area contributed by atoms with E-state index < -0.39 is 55.0 Å². The molecule has 0 amide bonds. The van der Waals surface area contributed by atoms with Gasteiger partial charge in [0.2, 0.25) is 0 Å². The van der Waals surface area contributed by atoms with Gasteiger partial charge in [-0.25, -0.2) is 0 Å². The molecular weight excluding hydrogens is 537 g/mol. The lowest BCUT2D eigenvalue weighted by Gasteiger charge is -2.32. The Kier molecular flexibility index (Phi) is 5.63. The Labute approximate surface area is 247 Å². The summed E-state index contributed by atoms with van der Waals surface area (Å²) in [4.78, 5) is 0. The van der Waals surface area contributed by atoms with Gasteiger partial charge in [0.1, 0.15) is 33.7 Å². The fourth-order valence-corrected chi connectivity index (χ4v) is 5.56. The Balaban J connectivity index is 1.41. The van der Waals surface area contributed by atoms with Crippen molar-refractivity contribution >= 4 is 71.2 Å². The summed E-state index contributed by atoms with van der Waals surface area (Å²) in [6, 6.07) is 5.79. The highest BCUT2D eigenvalue weighted by Crippen LogP contribution is 2.42. The van der Waals surface area contributed by atoms with Crippen molar-refractivity contribution in [2.75, 3.05) is 0 Å². The summed E-state index contributed by atoms with van der Waals surface area (Å²) in [5.74, 6) is 0. The van der Waals surface area contributed by atoms with E-state index in [4.69, 9.17) is 41.2 Å². The molecule has 0 unspecified atom stereocenters. The van der Waals surface area contributed by atoms with Gasteiger partial charge in [0.15, 0.2) is 0 Å². The maximum Gasteiger partial charge on any atom is 0.532 e. The average Bonchev–Trinajstić information content (AvgIpc) is 3.63. The molecule has 0 N–H and O–H groups in total. The lowest BCUT2D eigenvalue weighted by atomic mass is 9.85. The third kappa shape index (κ3) is 3.88. The highest BCUT2D eigenvalue weighted by molar-refractivity contribution is 6.63. The summed E-state index contributed by atoms with van der Waals surface area (Å²) in [5, 5.41) is 2.31. The van der Waals surface area contributed by atoms with Crippen LogP contribution in [0.1, 0.15) is 83.1 Å². The van der Waals surface area contributed by atoms with Crippen LogP contribution in [0.25, 0.3) is 32.9 Å². The molecular formula is C30H39B3O9. The molecule has 12 heteroatoms. The van der Waals surface area contributed by atoms with Gasteiger partial charge in [0, 0.05) is 0 Å². The zero-order valence-electron chi connectivity index (χ0n) is 26.6. The van der Waals surface area contributed by atoms with Crippen molar-refractivity contribution in [3.8, 4) is 0 Å². The molecule has 222 valence electrons. The normalized spacial score (nSPS) is 25.6. The van der Waals surface area contributed by atoms with E-state index >= 15 is 0 Å². The smallest absolute Gasteiger partial charge is 0.464 e. The van der Waals surface area contributed by atoms with Crippen LogP contribution < -0.4 is 17.0 Å². The van der Waals surface area contributed by atoms with Crippen LogP contribution in [0.2, 0.25) is 0 Å².